The third-order valence-corrected chi connectivity index (χ3v) is 5.65. The van der Waals surface area contributed by atoms with E-state index in [0.717, 1.165) is 5.56 Å². The Labute approximate surface area is 136 Å². The molecular weight excluding hydrogens is 451 g/mol. The molecule has 18 heavy (non-hydrogen) atoms. The zero-order valence-corrected chi connectivity index (χ0v) is 14.6. The van der Waals surface area contributed by atoms with Gasteiger partial charge in [-0.15, -0.1) is 11.3 Å². The predicted molar refractivity (Wildman–Crippen MR) is 87.0 cm³/mol. The topological polar surface area (TPSA) is 12.0 Å². The lowest BCUT2D eigenvalue weighted by Gasteiger charge is -2.17. The van der Waals surface area contributed by atoms with E-state index in [1.165, 1.54) is 2.88 Å². The van der Waals surface area contributed by atoms with Crippen molar-refractivity contribution in [2.75, 3.05) is 7.05 Å². The first kappa shape index (κ1) is 14.7. The highest BCUT2D eigenvalue weighted by atomic mass is 127. The number of rotatable bonds is 3. The molecule has 1 aromatic heterocycles. The fourth-order valence-electron chi connectivity index (χ4n) is 1.74. The molecule has 1 unspecified atom stereocenters. The minimum Gasteiger partial charge on any atom is -0.309 e. The molecule has 1 heterocycles. The van der Waals surface area contributed by atoms with Crippen molar-refractivity contribution >= 4 is 61.5 Å². The summed E-state index contributed by atoms with van der Waals surface area (Å²) in [5.74, 6) is -0.383. The molecule has 0 spiro atoms. The molecule has 1 atom stereocenters. The van der Waals surface area contributed by atoms with Crippen LogP contribution in [0.15, 0.2) is 28.1 Å². The number of hydrogen-bond acceptors (Lipinski definition) is 2. The second kappa shape index (κ2) is 6.17. The fraction of sp³-hybridized carbons (Fsp3) is 0.167. The molecule has 6 heteroatoms. The summed E-state index contributed by atoms with van der Waals surface area (Å²) in [7, 11) is 1.81. The highest BCUT2D eigenvalue weighted by Crippen LogP contribution is 2.34. The largest absolute Gasteiger partial charge is 0.309 e. The Morgan fingerprint density at radius 3 is 2.78 bits per heavy atom. The second-order valence-corrected chi connectivity index (χ2v) is 7.71. The quantitative estimate of drug-likeness (QED) is 0.490. The Balaban J connectivity index is 2.49. The summed E-state index contributed by atoms with van der Waals surface area (Å²) >= 11 is 13.0. The Morgan fingerprint density at radius 1 is 1.50 bits per heavy atom. The van der Waals surface area contributed by atoms with Gasteiger partial charge in [0.05, 0.1) is 13.9 Å². The van der Waals surface area contributed by atoms with Crippen molar-refractivity contribution in [3.63, 3.8) is 0 Å². The smallest absolute Gasteiger partial charge is 0.148 e. The number of benzene rings is 1. The summed E-state index contributed by atoms with van der Waals surface area (Å²) in [6.45, 7) is 0. The van der Waals surface area contributed by atoms with Gasteiger partial charge in [0.1, 0.15) is 5.82 Å². The molecule has 2 rings (SSSR count). The Bertz CT molecular complexity index is 575. The summed E-state index contributed by atoms with van der Waals surface area (Å²) in [4.78, 5) is 0. The molecule has 1 N–H and O–H groups in total. The molecule has 0 amide bonds. The minimum absolute atomic E-state index is 0.123. The monoisotopic (exact) mass is 459 g/mol. The van der Waals surface area contributed by atoms with Crippen LogP contribution in [0.4, 0.5) is 4.39 Å². The number of nitrogens with one attached hydrogen (secondary N) is 1. The van der Waals surface area contributed by atoms with E-state index >= 15 is 0 Å². The van der Waals surface area contributed by atoms with Crippen LogP contribution in [0.2, 0.25) is 5.02 Å². The van der Waals surface area contributed by atoms with Gasteiger partial charge in [-0.25, -0.2) is 4.39 Å². The van der Waals surface area contributed by atoms with Crippen LogP contribution < -0.4 is 5.32 Å². The standard InChI is InChI=1S/C12H9BrClFINS/c1-17-12(6-4-9(16)18-5-6)7-2-3-8(13)10(14)11(7)15/h2-5,12,17H,1H3. The Kier molecular flexibility index (Phi) is 5.05. The van der Waals surface area contributed by atoms with E-state index in [1.807, 2.05) is 18.5 Å². The van der Waals surface area contributed by atoms with E-state index in [1.54, 1.807) is 23.5 Å². The SMILES string of the molecule is CNC(c1csc(I)c1)c1ccc(Br)c(Cl)c1F. The Hall–Kier alpha value is 0.310. The van der Waals surface area contributed by atoms with Gasteiger partial charge in [0.25, 0.3) is 0 Å². The van der Waals surface area contributed by atoms with Gasteiger partial charge in [-0.3, -0.25) is 0 Å². The first-order valence-corrected chi connectivity index (χ1v) is 8.22. The molecule has 1 aromatic carbocycles. The van der Waals surface area contributed by atoms with Gasteiger partial charge >= 0.3 is 0 Å². The van der Waals surface area contributed by atoms with Gasteiger partial charge in [0.2, 0.25) is 0 Å². The van der Waals surface area contributed by atoms with E-state index in [-0.39, 0.29) is 16.9 Å². The third-order valence-electron chi connectivity index (χ3n) is 2.59. The van der Waals surface area contributed by atoms with Crippen molar-refractivity contribution in [2.45, 2.75) is 6.04 Å². The van der Waals surface area contributed by atoms with Crippen molar-refractivity contribution in [2.24, 2.45) is 0 Å². The summed E-state index contributed by atoms with van der Waals surface area (Å²) in [6.07, 6.45) is 0. The van der Waals surface area contributed by atoms with Crippen LogP contribution in [0.3, 0.4) is 0 Å². The van der Waals surface area contributed by atoms with Crippen molar-refractivity contribution in [3.8, 4) is 0 Å². The lowest BCUT2D eigenvalue weighted by atomic mass is 10.0. The number of hydrogen-bond donors (Lipinski definition) is 1. The average molecular weight is 461 g/mol. The third kappa shape index (κ3) is 2.90. The van der Waals surface area contributed by atoms with E-state index in [2.05, 4.69) is 43.8 Å². The zero-order valence-electron chi connectivity index (χ0n) is 9.31. The summed E-state index contributed by atoms with van der Waals surface area (Å²) < 4.78 is 15.9. The molecule has 96 valence electrons. The van der Waals surface area contributed by atoms with Crippen molar-refractivity contribution in [1.82, 2.24) is 5.32 Å². The van der Waals surface area contributed by atoms with E-state index in [4.69, 9.17) is 11.6 Å². The van der Waals surface area contributed by atoms with Gasteiger partial charge in [0.15, 0.2) is 0 Å². The normalized spacial score (nSPS) is 12.7. The summed E-state index contributed by atoms with van der Waals surface area (Å²) in [5.41, 5.74) is 1.60. The maximum Gasteiger partial charge on any atom is 0.148 e. The van der Waals surface area contributed by atoms with Crippen LogP contribution in [0, 0.1) is 8.70 Å². The summed E-state index contributed by atoms with van der Waals surface area (Å²) in [5, 5.41) is 5.27. The molecular formula is C12H9BrClFINS. The van der Waals surface area contributed by atoms with Gasteiger partial charge in [0, 0.05) is 10.0 Å². The fourth-order valence-corrected chi connectivity index (χ4v) is 3.62. The highest BCUT2D eigenvalue weighted by molar-refractivity contribution is 14.1. The lowest BCUT2D eigenvalue weighted by Crippen LogP contribution is -2.18. The predicted octanol–water partition coefficient (Wildman–Crippen LogP) is 5.22. The zero-order chi connectivity index (χ0) is 13.3. The van der Waals surface area contributed by atoms with Crippen LogP contribution >= 0.6 is 61.5 Å². The van der Waals surface area contributed by atoms with Gasteiger partial charge < -0.3 is 5.32 Å². The van der Waals surface area contributed by atoms with Crippen LogP contribution in [0.25, 0.3) is 0 Å². The first-order chi connectivity index (χ1) is 8.54. The molecule has 1 nitrogen and oxygen atoms in total. The lowest BCUT2D eigenvalue weighted by molar-refractivity contribution is 0.576. The highest BCUT2D eigenvalue weighted by Gasteiger charge is 2.20. The van der Waals surface area contributed by atoms with Crippen molar-refractivity contribution in [3.05, 3.63) is 52.9 Å². The molecule has 0 bridgehead atoms. The van der Waals surface area contributed by atoms with Crippen molar-refractivity contribution < 1.29 is 4.39 Å². The molecule has 0 aliphatic carbocycles. The molecule has 0 fully saturated rings. The molecule has 0 saturated heterocycles. The molecule has 0 aliphatic heterocycles. The maximum absolute atomic E-state index is 14.2. The first-order valence-electron chi connectivity index (χ1n) is 5.09. The van der Waals surface area contributed by atoms with Crippen LogP contribution in [0.5, 0.6) is 0 Å². The number of halogens is 4. The van der Waals surface area contributed by atoms with E-state index < -0.39 is 0 Å². The van der Waals surface area contributed by atoms with Gasteiger partial charge in [-0.2, -0.15) is 0 Å². The van der Waals surface area contributed by atoms with Crippen molar-refractivity contribution in [1.29, 1.82) is 0 Å². The maximum atomic E-state index is 14.2. The number of thiophene rings is 1. The van der Waals surface area contributed by atoms with Gasteiger partial charge in [-0.1, -0.05) is 17.7 Å². The Morgan fingerprint density at radius 2 is 2.22 bits per heavy atom. The van der Waals surface area contributed by atoms with Crippen LogP contribution in [0.1, 0.15) is 17.2 Å². The second-order valence-electron chi connectivity index (χ2n) is 3.67. The minimum atomic E-state index is -0.383. The molecule has 2 aromatic rings. The van der Waals surface area contributed by atoms with Crippen LogP contribution in [-0.4, -0.2) is 7.05 Å². The van der Waals surface area contributed by atoms with E-state index in [0.29, 0.717) is 10.0 Å². The molecule has 0 aliphatic rings. The van der Waals surface area contributed by atoms with Gasteiger partial charge in [-0.05, 0) is 68.6 Å². The average Bonchev–Trinajstić information content (AvgIpc) is 2.77. The molecule has 0 radical (unpaired) electrons. The molecule has 0 saturated carbocycles. The van der Waals surface area contributed by atoms with E-state index in [9.17, 15) is 4.39 Å². The van der Waals surface area contributed by atoms with Crippen LogP contribution in [-0.2, 0) is 0 Å². The summed E-state index contributed by atoms with van der Waals surface area (Å²) in [6, 6.07) is 5.37.